The molecule has 1 fully saturated rings. The summed E-state index contributed by atoms with van der Waals surface area (Å²) >= 11 is 6.07. The predicted molar refractivity (Wildman–Crippen MR) is 139 cm³/mol. The van der Waals surface area contributed by atoms with Crippen molar-refractivity contribution in [2.75, 3.05) is 31.1 Å². The fourth-order valence-corrected chi connectivity index (χ4v) is 5.63. The Morgan fingerprint density at radius 3 is 2.38 bits per heavy atom. The second-order valence-corrected chi connectivity index (χ2v) is 9.96. The van der Waals surface area contributed by atoms with Crippen molar-refractivity contribution in [3.05, 3.63) is 82.1 Å². The van der Waals surface area contributed by atoms with Crippen molar-refractivity contribution in [1.29, 1.82) is 0 Å². The minimum atomic E-state index is 0.796. The van der Waals surface area contributed by atoms with Gasteiger partial charge in [0.05, 0.1) is 5.69 Å². The fraction of sp³-hybridized carbons (Fsp3) is 0.357. The van der Waals surface area contributed by atoms with Crippen LogP contribution < -0.4 is 4.90 Å². The van der Waals surface area contributed by atoms with Crippen LogP contribution in [0, 0.1) is 6.92 Å². The summed E-state index contributed by atoms with van der Waals surface area (Å²) < 4.78 is 2.15. The molecule has 0 bridgehead atoms. The number of hydrogen-bond donors (Lipinski definition) is 0. The third-order valence-electron chi connectivity index (χ3n) is 7.24. The quantitative estimate of drug-likeness (QED) is 0.390. The molecule has 5 nitrogen and oxygen atoms in total. The van der Waals surface area contributed by atoms with E-state index >= 15 is 0 Å². The SMILES string of the molecule is Cc1nn2c(N3CCN(Cc4ccc(Cl)cc4)CC3)c3c(nc2c1-c1ccccc1)CCCC3. The van der Waals surface area contributed by atoms with Gasteiger partial charge in [-0.1, -0.05) is 54.1 Å². The first-order valence-corrected chi connectivity index (χ1v) is 12.7. The number of hydrogen-bond acceptors (Lipinski definition) is 4. The van der Waals surface area contributed by atoms with E-state index in [1.807, 2.05) is 12.1 Å². The lowest BCUT2D eigenvalue weighted by Gasteiger charge is -2.37. The zero-order valence-electron chi connectivity index (χ0n) is 19.7. The first-order chi connectivity index (χ1) is 16.7. The number of nitrogens with zero attached hydrogens (tertiary/aromatic N) is 5. The van der Waals surface area contributed by atoms with Gasteiger partial charge in [-0.05, 0) is 55.9 Å². The van der Waals surface area contributed by atoms with Crippen molar-refractivity contribution in [1.82, 2.24) is 19.5 Å². The molecule has 6 heteroatoms. The summed E-state index contributed by atoms with van der Waals surface area (Å²) in [4.78, 5) is 10.3. The summed E-state index contributed by atoms with van der Waals surface area (Å²) in [7, 11) is 0. The number of halogens is 1. The molecule has 0 radical (unpaired) electrons. The third kappa shape index (κ3) is 3.97. The molecule has 1 saturated heterocycles. The predicted octanol–water partition coefficient (Wildman–Crippen LogP) is 5.56. The van der Waals surface area contributed by atoms with E-state index in [2.05, 4.69) is 63.7 Å². The maximum absolute atomic E-state index is 6.07. The molecule has 4 aromatic rings. The van der Waals surface area contributed by atoms with Crippen LogP contribution in [0.2, 0.25) is 5.02 Å². The zero-order chi connectivity index (χ0) is 23.1. The molecule has 0 spiro atoms. The van der Waals surface area contributed by atoms with E-state index in [9.17, 15) is 0 Å². The highest BCUT2D eigenvalue weighted by Crippen LogP contribution is 2.35. The molecule has 3 heterocycles. The summed E-state index contributed by atoms with van der Waals surface area (Å²) in [5, 5.41) is 5.85. The molecule has 2 aromatic carbocycles. The van der Waals surface area contributed by atoms with E-state index in [4.69, 9.17) is 21.7 Å². The first kappa shape index (κ1) is 21.6. The first-order valence-electron chi connectivity index (χ1n) is 12.4. The van der Waals surface area contributed by atoms with Crippen LogP contribution >= 0.6 is 11.6 Å². The number of fused-ring (bicyclic) bond motifs is 2. The lowest BCUT2D eigenvalue weighted by Crippen LogP contribution is -2.47. The lowest BCUT2D eigenvalue weighted by molar-refractivity contribution is 0.248. The molecule has 0 amide bonds. The zero-order valence-corrected chi connectivity index (χ0v) is 20.4. The molecule has 2 aliphatic rings. The van der Waals surface area contributed by atoms with E-state index in [1.165, 1.54) is 41.0 Å². The number of anilines is 1. The Labute approximate surface area is 206 Å². The Kier molecular flexibility index (Phi) is 5.75. The van der Waals surface area contributed by atoms with Crippen molar-refractivity contribution in [3.8, 4) is 11.1 Å². The van der Waals surface area contributed by atoms with Crippen molar-refractivity contribution < 1.29 is 0 Å². The molecule has 174 valence electrons. The monoisotopic (exact) mass is 471 g/mol. The number of aromatic nitrogens is 3. The number of rotatable bonds is 4. The number of benzene rings is 2. The molecule has 0 saturated carbocycles. The van der Waals surface area contributed by atoms with Gasteiger partial charge in [-0.2, -0.15) is 9.61 Å². The van der Waals surface area contributed by atoms with Gasteiger partial charge in [0, 0.05) is 54.6 Å². The van der Waals surface area contributed by atoms with Gasteiger partial charge < -0.3 is 4.90 Å². The minimum Gasteiger partial charge on any atom is -0.354 e. The molecule has 0 N–H and O–H groups in total. The van der Waals surface area contributed by atoms with Crippen molar-refractivity contribution in [2.45, 2.75) is 39.2 Å². The fourth-order valence-electron chi connectivity index (χ4n) is 5.51. The van der Waals surface area contributed by atoms with Gasteiger partial charge in [-0.15, -0.1) is 0 Å². The average molecular weight is 472 g/mol. The van der Waals surface area contributed by atoms with Crippen LogP contribution in [0.4, 0.5) is 5.82 Å². The van der Waals surface area contributed by atoms with Gasteiger partial charge in [-0.3, -0.25) is 4.90 Å². The van der Waals surface area contributed by atoms with E-state index in [0.29, 0.717) is 0 Å². The van der Waals surface area contributed by atoms with Crippen LogP contribution in [-0.4, -0.2) is 45.7 Å². The van der Waals surface area contributed by atoms with Crippen LogP contribution in [0.5, 0.6) is 0 Å². The standard InChI is InChI=1S/C28H30ClN5/c1-20-26(22-7-3-2-4-8-22)27-30-25-10-6-5-9-24(25)28(34(27)31-20)33-17-15-32(16-18-33)19-21-11-13-23(29)14-12-21/h2-4,7-8,11-14H,5-6,9-10,15-19H2,1H3. The maximum atomic E-state index is 6.07. The highest BCUT2D eigenvalue weighted by Gasteiger charge is 2.28. The molecule has 0 atom stereocenters. The maximum Gasteiger partial charge on any atom is 0.165 e. The summed E-state index contributed by atoms with van der Waals surface area (Å²) in [6, 6.07) is 18.8. The number of piperazine rings is 1. The molecule has 1 aliphatic carbocycles. The Hall–Kier alpha value is -2.89. The largest absolute Gasteiger partial charge is 0.354 e. The normalized spacial score (nSPS) is 16.7. The second-order valence-electron chi connectivity index (χ2n) is 9.52. The van der Waals surface area contributed by atoms with Gasteiger partial charge in [0.15, 0.2) is 5.65 Å². The average Bonchev–Trinajstić information content (AvgIpc) is 3.20. The van der Waals surface area contributed by atoms with Crippen LogP contribution in [-0.2, 0) is 19.4 Å². The molecular formula is C28H30ClN5. The topological polar surface area (TPSA) is 36.7 Å². The summed E-state index contributed by atoms with van der Waals surface area (Å²) in [6.45, 7) is 7.15. The molecule has 2 aromatic heterocycles. The minimum absolute atomic E-state index is 0.796. The molecule has 34 heavy (non-hydrogen) atoms. The summed E-state index contributed by atoms with van der Waals surface area (Å²) in [5.41, 5.74) is 8.40. The van der Waals surface area contributed by atoms with Gasteiger partial charge in [0.2, 0.25) is 0 Å². The summed E-state index contributed by atoms with van der Waals surface area (Å²) in [5.74, 6) is 1.27. The molecule has 0 unspecified atom stereocenters. The van der Waals surface area contributed by atoms with Gasteiger partial charge in [0.1, 0.15) is 5.82 Å². The number of aryl methyl sites for hydroxylation is 2. The van der Waals surface area contributed by atoms with E-state index in [-0.39, 0.29) is 0 Å². The van der Waals surface area contributed by atoms with Gasteiger partial charge >= 0.3 is 0 Å². The molecular weight excluding hydrogens is 442 g/mol. The highest BCUT2D eigenvalue weighted by atomic mass is 35.5. The van der Waals surface area contributed by atoms with Crippen LogP contribution in [0.3, 0.4) is 0 Å². The highest BCUT2D eigenvalue weighted by molar-refractivity contribution is 6.30. The Morgan fingerprint density at radius 1 is 0.882 bits per heavy atom. The Morgan fingerprint density at radius 2 is 1.62 bits per heavy atom. The van der Waals surface area contributed by atoms with Crippen molar-refractivity contribution in [2.24, 2.45) is 0 Å². The Balaban J connectivity index is 1.35. The van der Waals surface area contributed by atoms with Crippen molar-refractivity contribution in [3.63, 3.8) is 0 Å². The van der Waals surface area contributed by atoms with Crippen LogP contribution in [0.1, 0.15) is 35.4 Å². The lowest BCUT2D eigenvalue weighted by atomic mass is 9.95. The van der Waals surface area contributed by atoms with Crippen molar-refractivity contribution >= 4 is 23.1 Å². The van der Waals surface area contributed by atoms with E-state index in [1.54, 1.807) is 0 Å². The summed E-state index contributed by atoms with van der Waals surface area (Å²) in [6.07, 6.45) is 4.61. The van der Waals surface area contributed by atoms with Gasteiger partial charge in [-0.25, -0.2) is 4.98 Å². The van der Waals surface area contributed by atoms with Gasteiger partial charge in [0.25, 0.3) is 0 Å². The smallest absolute Gasteiger partial charge is 0.165 e. The van der Waals surface area contributed by atoms with E-state index < -0.39 is 0 Å². The third-order valence-corrected chi connectivity index (χ3v) is 7.49. The van der Waals surface area contributed by atoms with E-state index in [0.717, 1.165) is 67.5 Å². The van der Waals surface area contributed by atoms with Crippen LogP contribution in [0.25, 0.3) is 16.8 Å². The Bertz CT molecular complexity index is 1300. The molecule has 6 rings (SSSR count). The molecule has 1 aliphatic heterocycles. The second kappa shape index (κ2) is 9.05. The van der Waals surface area contributed by atoms with Crippen LogP contribution in [0.15, 0.2) is 54.6 Å².